The minimum atomic E-state index is -3.54. The van der Waals surface area contributed by atoms with Gasteiger partial charge in [-0.05, 0) is 26.0 Å². The SMILES string of the molecule is CC1(C)CN(S(=O)(=O)c2cccnc2)CC(CCl)O1. The molecule has 0 spiro atoms. The summed E-state index contributed by atoms with van der Waals surface area (Å²) >= 11 is 5.81. The Bertz CT molecular complexity index is 533. The monoisotopic (exact) mass is 304 g/mol. The van der Waals surface area contributed by atoms with E-state index in [9.17, 15) is 8.42 Å². The van der Waals surface area contributed by atoms with Gasteiger partial charge >= 0.3 is 0 Å². The van der Waals surface area contributed by atoms with E-state index in [4.69, 9.17) is 16.3 Å². The summed E-state index contributed by atoms with van der Waals surface area (Å²) in [4.78, 5) is 4.05. The number of rotatable bonds is 3. The second kappa shape index (κ2) is 5.36. The van der Waals surface area contributed by atoms with Crippen molar-refractivity contribution in [3.63, 3.8) is 0 Å². The van der Waals surface area contributed by atoms with Crippen LogP contribution >= 0.6 is 11.6 Å². The van der Waals surface area contributed by atoms with Crippen molar-refractivity contribution < 1.29 is 13.2 Å². The first kappa shape index (κ1) is 14.7. The van der Waals surface area contributed by atoms with Crippen LogP contribution in [0.4, 0.5) is 0 Å². The number of aromatic nitrogens is 1. The lowest BCUT2D eigenvalue weighted by molar-refractivity contribution is -0.107. The maximum Gasteiger partial charge on any atom is 0.244 e. The van der Waals surface area contributed by atoms with Crippen molar-refractivity contribution in [3.8, 4) is 0 Å². The first-order chi connectivity index (χ1) is 8.85. The zero-order chi connectivity index (χ0) is 14.1. The fraction of sp³-hybridized carbons (Fsp3) is 0.583. The standard InChI is InChI=1S/C12H17ClN2O3S/c1-12(2)9-15(8-10(6-13)18-12)19(16,17)11-4-3-5-14-7-11/h3-5,7,10H,6,8-9H2,1-2H3. The van der Waals surface area contributed by atoms with Gasteiger partial charge in [0.2, 0.25) is 10.0 Å². The summed E-state index contributed by atoms with van der Waals surface area (Å²) in [7, 11) is -3.54. The number of sulfonamides is 1. The lowest BCUT2D eigenvalue weighted by Crippen LogP contribution is -2.55. The highest BCUT2D eigenvalue weighted by Crippen LogP contribution is 2.26. The Morgan fingerprint density at radius 3 is 2.89 bits per heavy atom. The van der Waals surface area contributed by atoms with Crippen LogP contribution in [0.3, 0.4) is 0 Å². The van der Waals surface area contributed by atoms with Crippen molar-refractivity contribution in [2.45, 2.75) is 30.4 Å². The number of hydrogen-bond donors (Lipinski definition) is 0. The second-order valence-electron chi connectivity index (χ2n) is 5.14. The molecule has 19 heavy (non-hydrogen) atoms. The van der Waals surface area contributed by atoms with Crippen LogP contribution in [0, 0.1) is 0 Å². The Hall–Kier alpha value is -0.690. The van der Waals surface area contributed by atoms with Crippen molar-refractivity contribution in [1.82, 2.24) is 9.29 Å². The third-order valence-electron chi connectivity index (χ3n) is 2.89. The molecule has 1 aliphatic rings. The third-order valence-corrected chi connectivity index (χ3v) is 5.03. The van der Waals surface area contributed by atoms with E-state index in [-0.39, 0.29) is 23.4 Å². The van der Waals surface area contributed by atoms with Crippen LogP contribution in [-0.4, -0.2) is 48.4 Å². The summed E-state index contributed by atoms with van der Waals surface area (Å²) in [6.07, 6.45) is 2.61. The predicted molar refractivity (Wildman–Crippen MR) is 72.7 cm³/mol. The van der Waals surface area contributed by atoms with Crippen LogP contribution in [0.15, 0.2) is 29.4 Å². The third kappa shape index (κ3) is 3.25. The van der Waals surface area contributed by atoms with Gasteiger partial charge in [-0.1, -0.05) is 0 Å². The Morgan fingerprint density at radius 2 is 2.32 bits per heavy atom. The van der Waals surface area contributed by atoms with Gasteiger partial charge in [0.25, 0.3) is 0 Å². The molecule has 0 aliphatic carbocycles. The molecule has 0 radical (unpaired) electrons. The molecule has 0 N–H and O–H groups in total. The van der Waals surface area contributed by atoms with Crippen molar-refractivity contribution in [2.24, 2.45) is 0 Å². The number of alkyl halides is 1. The Morgan fingerprint density at radius 1 is 1.58 bits per heavy atom. The maximum atomic E-state index is 12.5. The predicted octanol–water partition coefficient (Wildman–Crippen LogP) is 1.49. The van der Waals surface area contributed by atoms with Crippen LogP contribution in [0.2, 0.25) is 0 Å². The smallest absolute Gasteiger partial charge is 0.244 e. The molecule has 1 aromatic rings. The lowest BCUT2D eigenvalue weighted by Gasteiger charge is -2.41. The van der Waals surface area contributed by atoms with Crippen molar-refractivity contribution in [1.29, 1.82) is 0 Å². The van der Waals surface area contributed by atoms with E-state index >= 15 is 0 Å². The number of ether oxygens (including phenoxy) is 1. The molecule has 1 fully saturated rings. The molecule has 0 bridgehead atoms. The maximum absolute atomic E-state index is 12.5. The average molecular weight is 305 g/mol. The molecular weight excluding hydrogens is 288 g/mol. The summed E-state index contributed by atoms with van der Waals surface area (Å²) in [5.74, 6) is 0.266. The first-order valence-corrected chi connectivity index (χ1v) is 7.96. The van der Waals surface area contributed by atoms with Gasteiger partial charge in [0, 0.05) is 31.4 Å². The van der Waals surface area contributed by atoms with E-state index in [0.717, 1.165) is 0 Å². The number of hydrogen-bond acceptors (Lipinski definition) is 4. The highest BCUT2D eigenvalue weighted by Gasteiger charge is 2.39. The minimum absolute atomic E-state index is 0.195. The van der Waals surface area contributed by atoms with Crippen LogP contribution in [-0.2, 0) is 14.8 Å². The zero-order valence-electron chi connectivity index (χ0n) is 10.9. The van der Waals surface area contributed by atoms with E-state index in [0.29, 0.717) is 6.54 Å². The molecule has 0 saturated carbocycles. The van der Waals surface area contributed by atoms with Gasteiger partial charge in [-0.3, -0.25) is 4.98 Å². The molecule has 1 saturated heterocycles. The molecule has 1 unspecified atom stereocenters. The molecule has 2 rings (SSSR count). The van der Waals surface area contributed by atoms with Gasteiger partial charge in [-0.25, -0.2) is 8.42 Å². The van der Waals surface area contributed by atoms with E-state index in [1.165, 1.54) is 10.5 Å². The first-order valence-electron chi connectivity index (χ1n) is 5.99. The molecule has 0 amide bonds. The minimum Gasteiger partial charge on any atom is -0.368 e. The topological polar surface area (TPSA) is 59.5 Å². The van der Waals surface area contributed by atoms with Gasteiger partial charge in [0.1, 0.15) is 4.90 Å². The molecule has 5 nitrogen and oxygen atoms in total. The summed E-state index contributed by atoms with van der Waals surface area (Å²) < 4.78 is 32.2. The summed E-state index contributed by atoms with van der Waals surface area (Å²) in [5, 5.41) is 0. The number of nitrogens with zero attached hydrogens (tertiary/aromatic N) is 2. The number of morpholine rings is 1. The fourth-order valence-electron chi connectivity index (χ4n) is 2.15. The molecule has 106 valence electrons. The number of pyridine rings is 1. The van der Waals surface area contributed by atoms with Gasteiger partial charge < -0.3 is 4.74 Å². The Kier molecular flexibility index (Phi) is 4.15. The van der Waals surface area contributed by atoms with Crippen LogP contribution < -0.4 is 0 Å². The average Bonchev–Trinajstić information content (AvgIpc) is 2.37. The Labute approximate surface area is 118 Å². The largest absolute Gasteiger partial charge is 0.368 e. The van der Waals surface area contributed by atoms with Gasteiger partial charge in [-0.2, -0.15) is 4.31 Å². The van der Waals surface area contributed by atoms with E-state index in [2.05, 4.69) is 4.98 Å². The Balaban J connectivity index is 2.30. The van der Waals surface area contributed by atoms with Crippen LogP contribution in [0.5, 0.6) is 0 Å². The summed E-state index contributed by atoms with van der Waals surface area (Å²) in [6, 6.07) is 3.15. The van der Waals surface area contributed by atoms with Gasteiger partial charge in [0.15, 0.2) is 0 Å². The van der Waals surface area contributed by atoms with E-state index < -0.39 is 15.6 Å². The molecule has 1 aliphatic heterocycles. The van der Waals surface area contributed by atoms with Crippen molar-refractivity contribution in [2.75, 3.05) is 19.0 Å². The summed E-state index contributed by atoms with van der Waals surface area (Å²) in [5.41, 5.74) is -0.549. The second-order valence-corrected chi connectivity index (χ2v) is 7.39. The van der Waals surface area contributed by atoms with Crippen molar-refractivity contribution >= 4 is 21.6 Å². The molecule has 1 atom stereocenters. The summed E-state index contributed by atoms with van der Waals surface area (Å²) in [6.45, 7) is 4.29. The molecular formula is C12H17ClN2O3S. The highest BCUT2D eigenvalue weighted by atomic mass is 35.5. The number of halogens is 1. The molecule has 1 aromatic heterocycles. The van der Waals surface area contributed by atoms with E-state index in [1.807, 2.05) is 13.8 Å². The lowest BCUT2D eigenvalue weighted by atomic mass is 10.1. The molecule has 0 aromatic carbocycles. The van der Waals surface area contributed by atoms with Crippen LogP contribution in [0.1, 0.15) is 13.8 Å². The van der Waals surface area contributed by atoms with Gasteiger partial charge in [0.05, 0.1) is 11.7 Å². The molecule has 7 heteroatoms. The zero-order valence-corrected chi connectivity index (χ0v) is 12.5. The van der Waals surface area contributed by atoms with Gasteiger partial charge in [-0.15, -0.1) is 11.6 Å². The fourth-order valence-corrected chi connectivity index (χ4v) is 3.90. The van der Waals surface area contributed by atoms with E-state index in [1.54, 1.807) is 18.3 Å². The quantitative estimate of drug-likeness (QED) is 0.794. The molecule has 2 heterocycles. The normalized spacial score (nSPS) is 24.3. The van der Waals surface area contributed by atoms with Crippen LogP contribution in [0.25, 0.3) is 0 Å². The highest BCUT2D eigenvalue weighted by molar-refractivity contribution is 7.89. The van der Waals surface area contributed by atoms with Crippen molar-refractivity contribution in [3.05, 3.63) is 24.5 Å².